The van der Waals surface area contributed by atoms with Crippen LogP contribution in [0.25, 0.3) is 0 Å². The van der Waals surface area contributed by atoms with Gasteiger partial charge in [-0.15, -0.1) is 0 Å². The van der Waals surface area contributed by atoms with Gasteiger partial charge in [-0.1, -0.05) is 24.3 Å². The lowest BCUT2D eigenvalue weighted by Crippen LogP contribution is -2.74. The Morgan fingerprint density at radius 1 is 0.958 bits per heavy atom. The van der Waals surface area contributed by atoms with Crippen molar-refractivity contribution in [2.45, 2.75) is 52.1 Å². The molecule has 24 heavy (non-hydrogen) atoms. The fraction of sp³-hybridized carbons (Fsp3) is 0.762. The van der Waals surface area contributed by atoms with Crippen LogP contribution in [0.2, 0.25) is 0 Å². The maximum absolute atomic E-state index is 13.5. The van der Waals surface area contributed by atoms with Crippen LogP contribution in [0.1, 0.15) is 34.1 Å². The average molecular weight is 326 g/mol. The molecule has 128 valence electrons. The quantitative estimate of drug-likeness (QED) is 0.743. The van der Waals surface area contributed by atoms with E-state index < -0.39 is 5.79 Å². The van der Waals surface area contributed by atoms with Gasteiger partial charge in [0.05, 0.1) is 23.0 Å². The second kappa shape index (κ2) is 3.76. The van der Waals surface area contributed by atoms with E-state index in [4.69, 9.17) is 9.47 Å². The van der Waals surface area contributed by atoms with Crippen molar-refractivity contribution in [2.24, 2.45) is 46.3 Å². The third kappa shape index (κ3) is 1.00. The number of rotatable bonds is 4. The molecule has 0 saturated heterocycles. The summed E-state index contributed by atoms with van der Waals surface area (Å²) in [6, 6.07) is 0. The van der Waals surface area contributed by atoms with Crippen LogP contribution in [-0.2, 0) is 14.3 Å². The van der Waals surface area contributed by atoms with Gasteiger partial charge >= 0.3 is 0 Å². The highest BCUT2D eigenvalue weighted by molar-refractivity contribution is 5.99. The lowest BCUT2D eigenvalue weighted by Gasteiger charge is -2.68. The van der Waals surface area contributed by atoms with Crippen molar-refractivity contribution in [3.63, 3.8) is 0 Å². The molecule has 0 radical (unpaired) electrons. The molecule has 0 aromatic heterocycles. The number of hydrogen-bond donors (Lipinski definition) is 0. The molecular formula is C21H26O3. The van der Waals surface area contributed by atoms with Crippen LogP contribution >= 0.6 is 0 Å². The highest BCUT2D eigenvalue weighted by atomic mass is 16.7. The van der Waals surface area contributed by atoms with E-state index >= 15 is 0 Å². The first kappa shape index (κ1) is 14.3. The molecule has 2 bridgehead atoms. The van der Waals surface area contributed by atoms with E-state index in [2.05, 4.69) is 52.0 Å². The normalized spacial score (nSPS) is 56.0. The minimum Gasteiger partial charge on any atom is -0.346 e. The Morgan fingerprint density at radius 2 is 1.62 bits per heavy atom. The van der Waals surface area contributed by atoms with Gasteiger partial charge in [-0.2, -0.15) is 0 Å². The zero-order valence-corrected chi connectivity index (χ0v) is 14.9. The van der Waals surface area contributed by atoms with E-state index in [1.165, 1.54) is 6.42 Å². The monoisotopic (exact) mass is 326 g/mol. The molecule has 5 saturated carbocycles. The van der Waals surface area contributed by atoms with Gasteiger partial charge in [-0.05, 0) is 57.8 Å². The number of Topliss-reactive ketones (excluding diaryl/α,β-unsaturated/α-hetero) is 1. The maximum Gasteiger partial charge on any atom is 0.183 e. The summed E-state index contributed by atoms with van der Waals surface area (Å²) in [5, 5.41) is 0. The number of carbonyl (C=O) groups excluding carboxylic acids is 1. The lowest BCUT2D eigenvalue weighted by molar-refractivity contribution is -0.366. The van der Waals surface area contributed by atoms with Crippen LogP contribution in [0, 0.1) is 46.3 Å². The molecule has 2 spiro atoms. The zero-order chi connectivity index (χ0) is 16.6. The Hall–Kier alpha value is -0.930. The van der Waals surface area contributed by atoms with Crippen molar-refractivity contribution in [2.75, 3.05) is 0 Å². The molecule has 6 aliphatic carbocycles. The van der Waals surface area contributed by atoms with Crippen LogP contribution < -0.4 is 0 Å². The van der Waals surface area contributed by atoms with Crippen LogP contribution in [0.4, 0.5) is 0 Å². The molecule has 8 atom stereocenters. The molecule has 0 amide bonds. The Balaban J connectivity index is 1.65. The number of fused-ring (bicyclic) bond motifs is 1. The van der Waals surface area contributed by atoms with Crippen molar-refractivity contribution < 1.29 is 14.3 Å². The number of ether oxygens (including phenoxy) is 2. The predicted octanol–water partition coefficient (Wildman–Crippen LogP) is 3.36. The van der Waals surface area contributed by atoms with Crippen LogP contribution in [0.15, 0.2) is 24.3 Å². The standard InChI is InChI=1S/C21H26O3/c1-10(2)23-21(24-11(3)4)15-13-9-12-14(15)18(22)19-7-5-6-8-20(19,21)17(13)16(12)19/h5-8,10-17H,9H2,1-4H3/t12-,13+,14-,15+,16+,17-,19-,20-/m1/s1. The molecule has 0 heterocycles. The zero-order valence-electron chi connectivity index (χ0n) is 14.9. The molecule has 6 aliphatic rings. The first-order valence-electron chi connectivity index (χ1n) is 9.69. The third-order valence-electron chi connectivity index (χ3n) is 8.28. The summed E-state index contributed by atoms with van der Waals surface area (Å²) >= 11 is 0. The lowest BCUT2D eigenvalue weighted by atomic mass is 9.37. The predicted molar refractivity (Wildman–Crippen MR) is 88.9 cm³/mol. The molecular weight excluding hydrogens is 300 g/mol. The van der Waals surface area contributed by atoms with Crippen molar-refractivity contribution >= 4 is 5.78 Å². The molecule has 0 aromatic rings. The Labute approximate surface area is 143 Å². The average Bonchev–Trinajstić information content (AvgIpc) is 3.03. The summed E-state index contributed by atoms with van der Waals surface area (Å²) in [6.07, 6.45) is 10.2. The molecule has 3 nitrogen and oxygen atoms in total. The first-order valence-corrected chi connectivity index (χ1v) is 9.69. The summed E-state index contributed by atoms with van der Waals surface area (Å²) in [5.74, 6) is 2.63. The summed E-state index contributed by atoms with van der Waals surface area (Å²) in [6.45, 7) is 8.42. The van der Waals surface area contributed by atoms with E-state index in [1.807, 2.05) is 0 Å². The number of carbonyl (C=O) groups is 1. The maximum atomic E-state index is 13.5. The van der Waals surface area contributed by atoms with Crippen molar-refractivity contribution in [3.8, 4) is 0 Å². The Morgan fingerprint density at radius 3 is 2.29 bits per heavy atom. The van der Waals surface area contributed by atoms with Gasteiger partial charge in [-0.3, -0.25) is 4.79 Å². The van der Waals surface area contributed by atoms with E-state index in [1.54, 1.807) is 0 Å². The fourth-order valence-electron chi connectivity index (χ4n) is 8.62. The SMILES string of the molecule is CC(C)OC1(OC(C)C)[C@H]2[C@@H]3C[C@@H]4[C@H]2C(=O)[C@]25C=CC=C[C@]12[C@H]3[C@H]45. The van der Waals surface area contributed by atoms with E-state index in [0.717, 1.165) is 0 Å². The van der Waals surface area contributed by atoms with Crippen LogP contribution in [-0.4, -0.2) is 23.8 Å². The van der Waals surface area contributed by atoms with E-state index in [0.29, 0.717) is 29.5 Å². The van der Waals surface area contributed by atoms with E-state index in [9.17, 15) is 4.79 Å². The topological polar surface area (TPSA) is 35.5 Å². The van der Waals surface area contributed by atoms with E-state index in [-0.39, 0.29) is 34.9 Å². The minimum atomic E-state index is -0.619. The molecule has 0 aliphatic heterocycles. The number of allylic oxidation sites excluding steroid dienone is 3. The van der Waals surface area contributed by atoms with Gasteiger partial charge in [0.25, 0.3) is 0 Å². The highest BCUT2D eigenvalue weighted by Gasteiger charge is 2.99. The highest BCUT2D eigenvalue weighted by Crippen LogP contribution is 2.94. The van der Waals surface area contributed by atoms with Crippen molar-refractivity contribution in [1.82, 2.24) is 0 Å². The molecule has 0 N–H and O–H groups in total. The Kier molecular flexibility index (Phi) is 2.23. The third-order valence-corrected chi connectivity index (χ3v) is 8.28. The summed E-state index contributed by atoms with van der Waals surface area (Å²) in [7, 11) is 0. The Bertz CT molecular complexity index is 709. The largest absolute Gasteiger partial charge is 0.346 e. The van der Waals surface area contributed by atoms with Crippen molar-refractivity contribution in [3.05, 3.63) is 24.3 Å². The van der Waals surface area contributed by atoms with Gasteiger partial charge < -0.3 is 9.47 Å². The second-order valence-corrected chi connectivity index (χ2v) is 9.49. The van der Waals surface area contributed by atoms with Gasteiger partial charge in [0, 0.05) is 11.8 Å². The molecule has 3 heteroatoms. The summed E-state index contributed by atoms with van der Waals surface area (Å²) < 4.78 is 13.4. The molecule has 6 rings (SSSR count). The molecule has 5 fully saturated rings. The van der Waals surface area contributed by atoms with Gasteiger partial charge in [-0.25, -0.2) is 0 Å². The van der Waals surface area contributed by atoms with Gasteiger partial charge in [0.2, 0.25) is 0 Å². The smallest absolute Gasteiger partial charge is 0.183 e. The fourth-order valence-corrected chi connectivity index (χ4v) is 8.62. The molecule has 0 unspecified atom stereocenters. The molecule has 0 aromatic carbocycles. The first-order chi connectivity index (χ1) is 11.4. The summed E-state index contributed by atoms with van der Waals surface area (Å²) in [4.78, 5) is 13.5. The van der Waals surface area contributed by atoms with Crippen LogP contribution in [0.3, 0.4) is 0 Å². The van der Waals surface area contributed by atoms with Gasteiger partial charge in [0.1, 0.15) is 5.78 Å². The minimum absolute atomic E-state index is 0.0968. The van der Waals surface area contributed by atoms with Gasteiger partial charge in [0.15, 0.2) is 5.79 Å². The van der Waals surface area contributed by atoms with Crippen LogP contribution in [0.5, 0.6) is 0 Å². The number of ketones is 1. The summed E-state index contributed by atoms with van der Waals surface area (Å²) in [5.41, 5.74) is -0.602. The number of hydrogen-bond acceptors (Lipinski definition) is 3. The van der Waals surface area contributed by atoms with Crippen molar-refractivity contribution in [1.29, 1.82) is 0 Å². The second-order valence-electron chi connectivity index (χ2n) is 9.49.